The molecule has 0 bridgehead atoms. The number of halogens is 4. The van der Waals surface area contributed by atoms with E-state index in [2.05, 4.69) is 36.1 Å². The Bertz CT molecular complexity index is 1110. The van der Waals surface area contributed by atoms with Gasteiger partial charge in [-0.2, -0.15) is 33.2 Å². The number of ether oxygens (including phenoxy) is 2. The number of aromatic nitrogens is 3. The lowest BCUT2D eigenvalue weighted by Crippen LogP contribution is -2.08. The molecule has 0 aliphatic rings. The summed E-state index contributed by atoms with van der Waals surface area (Å²) < 4.78 is 49.3. The van der Waals surface area contributed by atoms with E-state index in [1.54, 1.807) is 25.2 Å². The fourth-order valence-corrected chi connectivity index (χ4v) is 2.59. The van der Waals surface area contributed by atoms with Crippen molar-refractivity contribution in [1.29, 1.82) is 0 Å². The first-order valence-electron chi connectivity index (χ1n) is 9.21. The average Bonchev–Trinajstić information content (AvgIpc) is 2.78. The van der Waals surface area contributed by atoms with Gasteiger partial charge in [-0.05, 0) is 42.0 Å². The molecule has 0 aliphatic carbocycles. The third-order valence-corrected chi connectivity index (χ3v) is 4.09. The smallest absolute Gasteiger partial charge is 0.416 e. The van der Waals surface area contributed by atoms with Crippen molar-refractivity contribution in [2.24, 2.45) is 5.10 Å². The van der Waals surface area contributed by atoms with Crippen molar-refractivity contribution in [2.75, 3.05) is 37.3 Å². The van der Waals surface area contributed by atoms with Crippen LogP contribution in [0.25, 0.3) is 0 Å². The average molecular weight is 484 g/mol. The van der Waals surface area contributed by atoms with E-state index in [1.807, 2.05) is 0 Å². The lowest BCUT2D eigenvalue weighted by Gasteiger charge is -2.11. The summed E-state index contributed by atoms with van der Waals surface area (Å²) >= 11 is 0. The van der Waals surface area contributed by atoms with Gasteiger partial charge >= 0.3 is 6.18 Å². The molecule has 2 aromatic carbocycles. The molecule has 1 aromatic heterocycles. The summed E-state index contributed by atoms with van der Waals surface area (Å²) in [4.78, 5) is 12.4. The van der Waals surface area contributed by atoms with E-state index in [0.717, 1.165) is 17.7 Å². The van der Waals surface area contributed by atoms with Crippen LogP contribution in [0.15, 0.2) is 47.6 Å². The van der Waals surface area contributed by atoms with Crippen LogP contribution in [0.5, 0.6) is 11.5 Å². The van der Waals surface area contributed by atoms with E-state index >= 15 is 0 Å². The molecule has 0 amide bonds. The minimum Gasteiger partial charge on any atom is -0.493 e. The van der Waals surface area contributed by atoms with Crippen LogP contribution in [-0.4, -0.2) is 42.4 Å². The van der Waals surface area contributed by atoms with Gasteiger partial charge in [-0.1, -0.05) is 6.07 Å². The van der Waals surface area contributed by atoms with Crippen LogP contribution in [0.3, 0.4) is 0 Å². The number of benzene rings is 2. The maximum atomic E-state index is 12.9. The van der Waals surface area contributed by atoms with Gasteiger partial charge in [0.05, 0.1) is 26.0 Å². The molecule has 0 radical (unpaired) electrons. The highest BCUT2D eigenvalue weighted by Gasteiger charge is 2.30. The molecule has 0 fully saturated rings. The first kappa shape index (κ1) is 25.5. The Hall–Kier alpha value is -3.80. The number of methoxy groups -OCH3 is 2. The molecule has 3 rings (SSSR count). The SMILES string of the molecule is CNc1nc(N/N=C/c2ccc(OC)c(OC)c2)nc(Nc2cccc(C(F)(F)F)c2)n1.Cl. The van der Waals surface area contributed by atoms with Gasteiger partial charge in [0, 0.05) is 12.7 Å². The maximum Gasteiger partial charge on any atom is 0.416 e. The number of nitrogens with one attached hydrogen (secondary N) is 3. The Balaban J connectivity index is 0.00000385. The Labute approximate surface area is 193 Å². The van der Waals surface area contributed by atoms with Crippen LogP contribution in [0.4, 0.5) is 36.7 Å². The first-order chi connectivity index (χ1) is 15.3. The van der Waals surface area contributed by atoms with Crippen LogP contribution in [0.2, 0.25) is 0 Å². The minimum atomic E-state index is -4.46. The largest absolute Gasteiger partial charge is 0.493 e. The van der Waals surface area contributed by atoms with Gasteiger partial charge in [0.1, 0.15) is 0 Å². The van der Waals surface area contributed by atoms with E-state index in [-0.39, 0.29) is 35.9 Å². The van der Waals surface area contributed by atoms with Crippen molar-refractivity contribution >= 4 is 42.2 Å². The Morgan fingerprint density at radius 2 is 1.61 bits per heavy atom. The van der Waals surface area contributed by atoms with Crippen LogP contribution in [0.1, 0.15) is 11.1 Å². The number of rotatable bonds is 8. The summed E-state index contributed by atoms with van der Waals surface area (Å²) in [6.07, 6.45) is -2.94. The van der Waals surface area contributed by atoms with Crippen molar-refractivity contribution < 1.29 is 22.6 Å². The van der Waals surface area contributed by atoms with Crippen LogP contribution in [0, 0.1) is 0 Å². The second kappa shape index (κ2) is 11.2. The minimum absolute atomic E-state index is 0. The monoisotopic (exact) mass is 483 g/mol. The highest BCUT2D eigenvalue weighted by molar-refractivity contribution is 5.85. The molecule has 176 valence electrons. The zero-order valence-electron chi connectivity index (χ0n) is 17.8. The predicted octanol–water partition coefficient (Wildman–Crippen LogP) is 4.56. The lowest BCUT2D eigenvalue weighted by molar-refractivity contribution is -0.137. The van der Waals surface area contributed by atoms with Gasteiger partial charge in [0.15, 0.2) is 11.5 Å². The van der Waals surface area contributed by atoms with E-state index in [1.165, 1.54) is 32.6 Å². The van der Waals surface area contributed by atoms with Crippen molar-refractivity contribution in [2.45, 2.75) is 6.18 Å². The summed E-state index contributed by atoms with van der Waals surface area (Å²) in [5, 5.41) is 9.59. The number of nitrogens with zero attached hydrogens (tertiary/aromatic N) is 4. The Morgan fingerprint density at radius 3 is 2.27 bits per heavy atom. The van der Waals surface area contributed by atoms with Crippen LogP contribution < -0.4 is 25.5 Å². The van der Waals surface area contributed by atoms with Crippen molar-refractivity contribution in [3.8, 4) is 11.5 Å². The molecule has 13 heteroatoms. The zero-order chi connectivity index (χ0) is 23.1. The predicted molar refractivity (Wildman–Crippen MR) is 122 cm³/mol. The van der Waals surface area contributed by atoms with Crippen LogP contribution >= 0.6 is 12.4 Å². The van der Waals surface area contributed by atoms with Gasteiger partial charge in [-0.3, -0.25) is 0 Å². The van der Waals surface area contributed by atoms with E-state index in [0.29, 0.717) is 11.5 Å². The molecule has 0 spiro atoms. The molecule has 0 saturated heterocycles. The molecular formula is C20H21ClF3N7O2. The van der Waals surface area contributed by atoms with E-state index in [4.69, 9.17) is 9.47 Å². The van der Waals surface area contributed by atoms with E-state index < -0.39 is 11.7 Å². The quantitative estimate of drug-likeness (QED) is 0.316. The van der Waals surface area contributed by atoms with Gasteiger partial charge < -0.3 is 20.1 Å². The number of anilines is 4. The van der Waals surface area contributed by atoms with Crippen LogP contribution in [-0.2, 0) is 6.18 Å². The second-order valence-corrected chi connectivity index (χ2v) is 6.24. The molecular weight excluding hydrogens is 463 g/mol. The van der Waals surface area contributed by atoms with Crippen molar-refractivity contribution in [1.82, 2.24) is 15.0 Å². The Morgan fingerprint density at radius 1 is 0.909 bits per heavy atom. The summed E-state index contributed by atoms with van der Waals surface area (Å²) in [5.41, 5.74) is 2.78. The number of hydrogen-bond donors (Lipinski definition) is 3. The topological polar surface area (TPSA) is 106 Å². The lowest BCUT2D eigenvalue weighted by atomic mass is 10.2. The zero-order valence-corrected chi connectivity index (χ0v) is 18.6. The summed E-state index contributed by atoms with van der Waals surface area (Å²) in [6.45, 7) is 0. The molecule has 1 heterocycles. The Kier molecular flexibility index (Phi) is 8.63. The maximum absolute atomic E-state index is 12.9. The van der Waals surface area contributed by atoms with Gasteiger partial charge in [0.25, 0.3) is 0 Å². The third-order valence-electron chi connectivity index (χ3n) is 4.09. The molecule has 0 aliphatic heterocycles. The standard InChI is InChI=1S/C20H20F3N7O2.ClH/c1-24-17-27-18(26-14-6-4-5-13(10-14)20(21,22)23)29-19(28-17)30-25-11-12-7-8-15(31-2)16(9-12)32-3;/h4-11H,1-3H3,(H3,24,26,27,28,29,30);1H/b25-11+;. The van der Waals surface area contributed by atoms with Crippen molar-refractivity contribution in [3.05, 3.63) is 53.6 Å². The van der Waals surface area contributed by atoms with Gasteiger partial charge in [-0.25, -0.2) is 5.43 Å². The van der Waals surface area contributed by atoms with Gasteiger partial charge in [0.2, 0.25) is 17.8 Å². The summed E-state index contributed by atoms with van der Waals surface area (Å²) in [5.74, 6) is 1.43. The first-order valence-corrected chi connectivity index (χ1v) is 9.21. The molecule has 3 aromatic rings. The molecule has 9 nitrogen and oxygen atoms in total. The molecule has 3 N–H and O–H groups in total. The van der Waals surface area contributed by atoms with E-state index in [9.17, 15) is 13.2 Å². The summed E-state index contributed by atoms with van der Waals surface area (Å²) in [6, 6.07) is 9.95. The number of hydrazone groups is 1. The third kappa shape index (κ3) is 6.84. The highest BCUT2D eigenvalue weighted by atomic mass is 35.5. The number of hydrogen-bond acceptors (Lipinski definition) is 9. The highest BCUT2D eigenvalue weighted by Crippen LogP contribution is 2.31. The molecule has 0 unspecified atom stereocenters. The molecule has 0 saturated carbocycles. The second-order valence-electron chi connectivity index (χ2n) is 6.24. The normalized spacial score (nSPS) is 11.0. The number of alkyl halides is 3. The fourth-order valence-electron chi connectivity index (χ4n) is 2.59. The molecule has 0 atom stereocenters. The molecule has 33 heavy (non-hydrogen) atoms. The fraction of sp³-hybridized carbons (Fsp3) is 0.200. The van der Waals surface area contributed by atoms with Crippen molar-refractivity contribution in [3.63, 3.8) is 0 Å². The summed E-state index contributed by atoms with van der Waals surface area (Å²) in [7, 11) is 4.67. The van der Waals surface area contributed by atoms with Gasteiger partial charge in [-0.15, -0.1) is 12.4 Å².